The van der Waals surface area contributed by atoms with Gasteiger partial charge in [-0.2, -0.15) is 0 Å². The third-order valence-electron chi connectivity index (χ3n) is 2.83. The van der Waals surface area contributed by atoms with Crippen LogP contribution in [0.2, 0.25) is 0 Å². The largest absolute Gasteiger partial charge is 0.399 e. The highest BCUT2D eigenvalue weighted by molar-refractivity contribution is 6.12. The number of benzene rings is 2. The zero-order chi connectivity index (χ0) is 15.2. The Morgan fingerprint density at radius 3 is 2.14 bits per heavy atom. The van der Waals surface area contributed by atoms with E-state index in [0.29, 0.717) is 17.0 Å². The number of rotatable bonds is 4. The average Bonchev–Trinajstić information content (AvgIpc) is 2.50. The summed E-state index contributed by atoms with van der Waals surface area (Å²) in [7, 11) is 0. The number of hydrogen-bond donors (Lipinski definition) is 1. The summed E-state index contributed by atoms with van der Waals surface area (Å²) in [5, 5.41) is 3.90. The molecule has 2 aromatic rings. The molecule has 0 spiro atoms. The van der Waals surface area contributed by atoms with Crippen LogP contribution in [0, 0.1) is 5.82 Å². The lowest BCUT2D eigenvalue weighted by molar-refractivity contribution is -0.143. The van der Waals surface area contributed by atoms with Gasteiger partial charge in [0.2, 0.25) is 0 Å². The van der Waals surface area contributed by atoms with Gasteiger partial charge in [-0.15, -0.1) is 0 Å². The van der Waals surface area contributed by atoms with Crippen molar-refractivity contribution in [3.05, 3.63) is 65.5 Å². The highest BCUT2D eigenvalue weighted by atomic mass is 19.1. The summed E-state index contributed by atoms with van der Waals surface area (Å²) in [6.45, 7) is 1.68. The minimum atomic E-state index is -0.440. The van der Waals surface area contributed by atoms with Crippen LogP contribution in [0.4, 0.5) is 10.1 Å². The maximum atomic E-state index is 13.0. The molecule has 0 heterocycles. The van der Waals surface area contributed by atoms with Crippen LogP contribution < -0.4 is 5.73 Å². The summed E-state index contributed by atoms with van der Waals surface area (Å²) in [4.78, 5) is 16.1. The first kappa shape index (κ1) is 14.7. The van der Waals surface area contributed by atoms with Crippen molar-refractivity contribution in [3.8, 4) is 0 Å². The van der Waals surface area contributed by atoms with Gasteiger partial charge in [-0.25, -0.2) is 9.18 Å². The van der Waals surface area contributed by atoms with Crippen molar-refractivity contribution in [1.82, 2.24) is 0 Å². The molecule has 0 unspecified atom stereocenters. The first-order valence-corrected chi connectivity index (χ1v) is 6.50. The Bertz CT molecular complexity index is 601. The molecule has 0 aliphatic rings. The number of halogens is 1. The van der Waals surface area contributed by atoms with E-state index in [2.05, 4.69) is 5.16 Å². The van der Waals surface area contributed by atoms with Crippen molar-refractivity contribution in [2.24, 2.45) is 5.16 Å². The maximum Gasteiger partial charge on any atom is 0.334 e. The molecule has 0 aliphatic carbocycles. The highest BCUT2D eigenvalue weighted by Crippen LogP contribution is 2.14. The second-order valence-corrected chi connectivity index (χ2v) is 4.39. The van der Waals surface area contributed by atoms with Crippen LogP contribution in [0.1, 0.15) is 24.5 Å². The molecular weight excluding hydrogens is 271 g/mol. The lowest BCUT2D eigenvalue weighted by Gasteiger charge is -2.07. The van der Waals surface area contributed by atoms with Crippen LogP contribution in [0.5, 0.6) is 0 Å². The van der Waals surface area contributed by atoms with E-state index in [1.165, 1.54) is 12.1 Å². The van der Waals surface area contributed by atoms with E-state index in [0.717, 1.165) is 5.56 Å². The van der Waals surface area contributed by atoms with Gasteiger partial charge in [0.25, 0.3) is 0 Å². The van der Waals surface area contributed by atoms with Gasteiger partial charge in [0, 0.05) is 23.2 Å². The number of oxime groups is 1. The third kappa shape index (κ3) is 3.89. The fraction of sp³-hybridized carbons (Fsp3) is 0.125. The van der Waals surface area contributed by atoms with Gasteiger partial charge in [-0.05, 0) is 36.4 Å². The van der Waals surface area contributed by atoms with Gasteiger partial charge >= 0.3 is 5.97 Å². The van der Waals surface area contributed by atoms with E-state index in [9.17, 15) is 9.18 Å². The number of nitrogen functional groups attached to an aromatic ring is 1. The molecule has 108 valence electrons. The first-order valence-electron chi connectivity index (χ1n) is 6.50. The normalized spacial score (nSPS) is 11.2. The minimum Gasteiger partial charge on any atom is -0.399 e. The molecule has 0 bridgehead atoms. The van der Waals surface area contributed by atoms with Gasteiger partial charge in [-0.3, -0.25) is 0 Å². The number of nitrogens with two attached hydrogens (primary N) is 1. The van der Waals surface area contributed by atoms with Crippen molar-refractivity contribution >= 4 is 17.4 Å². The molecule has 0 saturated heterocycles. The van der Waals surface area contributed by atoms with E-state index < -0.39 is 5.97 Å². The van der Waals surface area contributed by atoms with Crippen molar-refractivity contribution in [2.45, 2.75) is 13.3 Å². The van der Waals surface area contributed by atoms with Crippen molar-refractivity contribution in [3.63, 3.8) is 0 Å². The molecule has 5 heteroatoms. The summed E-state index contributed by atoms with van der Waals surface area (Å²) in [5.41, 5.74) is 8.07. The second kappa shape index (κ2) is 6.65. The Morgan fingerprint density at radius 2 is 1.62 bits per heavy atom. The molecule has 0 saturated carbocycles. The monoisotopic (exact) mass is 286 g/mol. The highest BCUT2D eigenvalue weighted by Gasteiger charge is 2.09. The zero-order valence-corrected chi connectivity index (χ0v) is 11.5. The molecule has 2 aromatic carbocycles. The molecule has 2 N–H and O–H groups in total. The molecule has 2 rings (SSSR count). The van der Waals surface area contributed by atoms with E-state index in [1.807, 2.05) is 0 Å². The van der Waals surface area contributed by atoms with Crippen molar-refractivity contribution in [2.75, 3.05) is 5.73 Å². The number of nitrogens with zero attached hydrogens (tertiary/aromatic N) is 1. The minimum absolute atomic E-state index is 0.224. The zero-order valence-electron chi connectivity index (χ0n) is 11.5. The Balaban J connectivity index is 2.41. The molecular formula is C16H15FN2O2. The number of carbonyl (C=O) groups is 1. The van der Waals surface area contributed by atoms with E-state index in [-0.39, 0.29) is 12.2 Å². The molecule has 0 radical (unpaired) electrons. The Morgan fingerprint density at radius 1 is 1.10 bits per heavy atom. The van der Waals surface area contributed by atoms with Gasteiger partial charge < -0.3 is 10.6 Å². The van der Waals surface area contributed by atoms with Crippen molar-refractivity contribution in [1.29, 1.82) is 0 Å². The summed E-state index contributed by atoms with van der Waals surface area (Å²) in [6, 6.07) is 12.8. The van der Waals surface area contributed by atoms with Crippen LogP contribution in [-0.2, 0) is 9.63 Å². The van der Waals surface area contributed by atoms with Crippen LogP contribution >= 0.6 is 0 Å². The molecule has 21 heavy (non-hydrogen) atoms. The number of hydrogen-bond acceptors (Lipinski definition) is 4. The summed E-state index contributed by atoms with van der Waals surface area (Å²) in [6.07, 6.45) is 0.224. The summed E-state index contributed by atoms with van der Waals surface area (Å²) in [5.74, 6) is -0.786. The Hall–Kier alpha value is -2.69. The van der Waals surface area contributed by atoms with Gasteiger partial charge in [-0.1, -0.05) is 24.2 Å². The number of carbonyl (C=O) groups excluding carboxylic acids is 1. The summed E-state index contributed by atoms with van der Waals surface area (Å²) >= 11 is 0. The smallest absolute Gasteiger partial charge is 0.334 e. The quantitative estimate of drug-likeness (QED) is 0.406. The van der Waals surface area contributed by atoms with E-state index in [4.69, 9.17) is 10.6 Å². The maximum absolute atomic E-state index is 13.0. The van der Waals surface area contributed by atoms with Crippen molar-refractivity contribution < 1.29 is 14.0 Å². The first-order chi connectivity index (χ1) is 10.1. The predicted octanol–water partition coefficient (Wildman–Crippen LogP) is 3.11. The fourth-order valence-electron chi connectivity index (χ4n) is 1.68. The Kier molecular flexibility index (Phi) is 4.66. The van der Waals surface area contributed by atoms with Gasteiger partial charge in [0.05, 0.1) is 0 Å². The summed E-state index contributed by atoms with van der Waals surface area (Å²) < 4.78 is 13.0. The molecule has 0 fully saturated rings. The lowest BCUT2D eigenvalue weighted by atomic mass is 10.0. The molecule has 0 amide bonds. The molecule has 4 nitrogen and oxygen atoms in total. The van der Waals surface area contributed by atoms with Crippen LogP contribution in [0.25, 0.3) is 0 Å². The average molecular weight is 286 g/mol. The molecule has 0 atom stereocenters. The van der Waals surface area contributed by atoms with E-state index >= 15 is 0 Å². The second-order valence-electron chi connectivity index (χ2n) is 4.39. The van der Waals surface area contributed by atoms with Crippen LogP contribution in [-0.4, -0.2) is 11.7 Å². The molecule has 0 aliphatic heterocycles. The van der Waals surface area contributed by atoms with Gasteiger partial charge in [0.15, 0.2) is 0 Å². The third-order valence-corrected chi connectivity index (χ3v) is 2.83. The topological polar surface area (TPSA) is 64.7 Å². The van der Waals surface area contributed by atoms with Gasteiger partial charge in [0.1, 0.15) is 11.5 Å². The Labute approximate surface area is 122 Å². The lowest BCUT2D eigenvalue weighted by Crippen LogP contribution is -2.07. The standard InChI is InChI=1S/C16H15FN2O2/c1-2-15(20)21-19-16(11-3-7-13(17)8-4-11)12-5-9-14(18)10-6-12/h3-10H,2,18H2,1H3/b19-16+. The SMILES string of the molecule is CCC(=O)O/N=C(/c1ccc(N)cc1)c1ccc(F)cc1. The predicted molar refractivity (Wildman–Crippen MR) is 79.3 cm³/mol. The van der Waals surface area contributed by atoms with Crippen LogP contribution in [0.15, 0.2) is 53.7 Å². The van der Waals surface area contributed by atoms with E-state index in [1.54, 1.807) is 43.3 Å². The van der Waals surface area contributed by atoms with Crippen LogP contribution in [0.3, 0.4) is 0 Å². The molecule has 0 aromatic heterocycles. The number of anilines is 1. The fourth-order valence-corrected chi connectivity index (χ4v) is 1.68.